The molecule has 0 amide bonds. The van der Waals surface area contributed by atoms with E-state index in [1.807, 2.05) is 16.7 Å². The maximum Gasteiger partial charge on any atom is 0.159 e. The van der Waals surface area contributed by atoms with E-state index in [0.29, 0.717) is 35.6 Å². The molecule has 0 saturated carbocycles. The number of halogens is 2. The van der Waals surface area contributed by atoms with Crippen LogP contribution in [0.4, 0.5) is 14.5 Å². The molecule has 1 aromatic heterocycles. The van der Waals surface area contributed by atoms with Gasteiger partial charge in [-0.25, -0.2) is 13.8 Å². The highest BCUT2D eigenvalue weighted by molar-refractivity contribution is 5.90. The summed E-state index contributed by atoms with van der Waals surface area (Å²) in [4.78, 5) is 4.47. The highest BCUT2D eigenvalue weighted by atomic mass is 19.2. The van der Waals surface area contributed by atoms with Gasteiger partial charge in [-0.1, -0.05) is 6.07 Å². The quantitative estimate of drug-likeness (QED) is 0.728. The van der Waals surface area contributed by atoms with Gasteiger partial charge in [0.25, 0.3) is 0 Å². The van der Waals surface area contributed by atoms with E-state index in [4.69, 9.17) is 10.8 Å². The lowest BCUT2D eigenvalue weighted by Crippen LogP contribution is -2.03. The van der Waals surface area contributed by atoms with Gasteiger partial charge in [0.2, 0.25) is 0 Å². The van der Waals surface area contributed by atoms with Crippen LogP contribution in [0, 0.1) is 11.6 Å². The number of para-hydroxylation sites is 1. The molecule has 0 aliphatic rings. The van der Waals surface area contributed by atoms with E-state index < -0.39 is 11.6 Å². The first-order valence-electron chi connectivity index (χ1n) is 6.93. The number of hydrogen-bond donors (Lipinski definition) is 2. The average molecular weight is 303 g/mol. The lowest BCUT2D eigenvalue weighted by atomic mass is 10.2. The lowest BCUT2D eigenvalue weighted by Gasteiger charge is -2.08. The van der Waals surface area contributed by atoms with Crippen molar-refractivity contribution in [1.29, 1.82) is 0 Å². The van der Waals surface area contributed by atoms with Crippen LogP contribution in [-0.4, -0.2) is 21.3 Å². The number of aryl methyl sites for hydroxylation is 1. The number of rotatable bonds is 4. The van der Waals surface area contributed by atoms with E-state index >= 15 is 0 Å². The molecule has 1 heterocycles. The topological polar surface area (TPSA) is 64.1 Å². The lowest BCUT2D eigenvalue weighted by molar-refractivity contribution is 0.281. The van der Waals surface area contributed by atoms with Crippen LogP contribution < -0.4 is 5.73 Å². The molecule has 0 atom stereocenters. The molecular formula is C16H15F2N3O. The third-order valence-electron chi connectivity index (χ3n) is 3.53. The zero-order valence-corrected chi connectivity index (χ0v) is 11.8. The molecule has 0 aliphatic heterocycles. The van der Waals surface area contributed by atoms with Crippen LogP contribution in [0.1, 0.15) is 6.42 Å². The fourth-order valence-electron chi connectivity index (χ4n) is 2.48. The summed E-state index contributed by atoms with van der Waals surface area (Å²) in [6.45, 7) is 0.532. The summed E-state index contributed by atoms with van der Waals surface area (Å²) >= 11 is 0. The van der Waals surface area contributed by atoms with Gasteiger partial charge in [0.1, 0.15) is 11.3 Å². The van der Waals surface area contributed by atoms with Crippen molar-refractivity contribution in [1.82, 2.24) is 9.55 Å². The van der Waals surface area contributed by atoms with E-state index in [9.17, 15) is 8.78 Å². The Bertz CT molecular complexity index is 830. The Morgan fingerprint density at radius 3 is 2.68 bits per heavy atom. The normalized spacial score (nSPS) is 11.2. The monoisotopic (exact) mass is 303 g/mol. The first-order chi connectivity index (χ1) is 10.6. The number of aliphatic hydroxyl groups is 1. The first kappa shape index (κ1) is 14.5. The third-order valence-corrected chi connectivity index (χ3v) is 3.53. The van der Waals surface area contributed by atoms with Crippen molar-refractivity contribution in [2.75, 3.05) is 12.3 Å². The molecule has 0 saturated heterocycles. The minimum Gasteiger partial charge on any atom is -0.397 e. The van der Waals surface area contributed by atoms with Crippen molar-refractivity contribution in [3.05, 3.63) is 48.0 Å². The molecule has 0 spiro atoms. The molecule has 22 heavy (non-hydrogen) atoms. The Labute approximate surface area is 125 Å². The number of nitrogens with zero attached hydrogens (tertiary/aromatic N) is 2. The zero-order chi connectivity index (χ0) is 15.7. The van der Waals surface area contributed by atoms with Crippen LogP contribution in [0.2, 0.25) is 0 Å². The van der Waals surface area contributed by atoms with Gasteiger partial charge < -0.3 is 15.4 Å². The highest BCUT2D eigenvalue weighted by Gasteiger charge is 2.15. The third kappa shape index (κ3) is 2.42. The Kier molecular flexibility index (Phi) is 3.77. The number of nitrogens with two attached hydrogens (primary N) is 1. The number of hydrogen-bond acceptors (Lipinski definition) is 3. The van der Waals surface area contributed by atoms with Gasteiger partial charge >= 0.3 is 0 Å². The van der Waals surface area contributed by atoms with E-state index in [0.717, 1.165) is 17.6 Å². The second kappa shape index (κ2) is 5.73. The van der Waals surface area contributed by atoms with Crippen LogP contribution in [0.5, 0.6) is 0 Å². The van der Waals surface area contributed by atoms with E-state index in [1.54, 1.807) is 6.07 Å². The zero-order valence-electron chi connectivity index (χ0n) is 11.8. The van der Waals surface area contributed by atoms with Gasteiger partial charge in [-0.15, -0.1) is 0 Å². The Balaban J connectivity index is 2.22. The molecule has 0 fully saturated rings. The maximum atomic E-state index is 13.5. The summed E-state index contributed by atoms with van der Waals surface area (Å²) < 4.78 is 28.5. The van der Waals surface area contributed by atoms with Gasteiger partial charge in [-0.2, -0.15) is 0 Å². The van der Waals surface area contributed by atoms with Crippen LogP contribution in [0.15, 0.2) is 36.4 Å². The van der Waals surface area contributed by atoms with Crippen molar-refractivity contribution >= 4 is 16.7 Å². The van der Waals surface area contributed by atoms with Gasteiger partial charge in [0.05, 0.1) is 11.2 Å². The minimum absolute atomic E-state index is 0.0270. The van der Waals surface area contributed by atoms with Crippen LogP contribution in [0.25, 0.3) is 22.4 Å². The molecule has 3 aromatic rings. The number of aliphatic hydroxyl groups excluding tert-OH is 1. The SMILES string of the molecule is Nc1cccc2c1nc(-c1ccc(F)c(F)c1)n2CCCO. The Hall–Kier alpha value is -2.47. The molecule has 3 N–H and O–H groups in total. The van der Waals surface area contributed by atoms with Gasteiger partial charge in [0, 0.05) is 18.7 Å². The maximum absolute atomic E-state index is 13.5. The molecule has 4 nitrogen and oxygen atoms in total. The van der Waals surface area contributed by atoms with Crippen molar-refractivity contribution < 1.29 is 13.9 Å². The molecular weight excluding hydrogens is 288 g/mol. The number of imidazole rings is 1. The largest absolute Gasteiger partial charge is 0.397 e. The van der Waals surface area contributed by atoms with Crippen LogP contribution in [0.3, 0.4) is 0 Å². The van der Waals surface area contributed by atoms with Crippen molar-refractivity contribution in [2.45, 2.75) is 13.0 Å². The molecule has 114 valence electrons. The molecule has 0 unspecified atom stereocenters. The Morgan fingerprint density at radius 2 is 1.95 bits per heavy atom. The second-order valence-corrected chi connectivity index (χ2v) is 5.01. The number of benzene rings is 2. The molecule has 3 rings (SSSR count). The second-order valence-electron chi connectivity index (χ2n) is 5.01. The predicted octanol–water partition coefficient (Wildman–Crippen LogP) is 2.95. The Morgan fingerprint density at radius 1 is 1.14 bits per heavy atom. The van der Waals surface area contributed by atoms with Crippen molar-refractivity contribution in [2.24, 2.45) is 0 Å². The molecule has 2 aromatic carbocycles. The fraction of sp³-hybridized carbons (Fsp3) is 0.188. The van der Waals surface area contributed by atoms with Crippen LogP contribution >= 0.6 is 0 Å². The molecule has 0 aliphatic carbocycles. The fourth-order valence-corrected chi connectivity index (χ4v) is 2.48. The summed E-state index contributed by atoms with van der Waals surface area (Å²) in [6.07, 6.45) is 0.525. The summed E-state index contributed by atoms with van der Waals surface area (Å²) in [7, 11) is 0. The van der Waals surface area contributed by atoms with E-state index in [1.165, 1.54) is 6.07 Å². The predicted molar refractivity (Wildman–Crippen MR) is 81.2 cm³/mol. The molecule has 0 bridgehead atoms. The highest BCUT2D eigenvalue weighted by Crippen LogP contribution is 2.29. The summed E-state index contributed by atoms with van der Waals surface area (Å²) in [5, 5.41) is 9.07. The van der Waals surface area contributed by atoms with Crippen molar-refractivity contribution in [3.8, 4) is 11.4 Å². The smallest absolute Gasteiger partial charge is 0.159 e. The number of nitrogen functional groups attached to an aromatic ring is 1. The van der Waals surface area contributed by atoms with Crippen LogP contribution in [-0.2, 0) is 6.54 Å². The average Bonchev–Trinajstić information content (AvgIpc) is 2.88. The van der Waals surface area contributed by atoms with E-state index in [-0.39, 0.29) is 6.61 Å². The molecule has 6 heteroatoms. The number of anilines is 1. The summed E-state index contributed by atoms with van der Waals surface area (Å²) in [5.41, 5.74) is 8.33. The number of fused-ring (bicyclic) bond motifs is 1. The van der Waals surface area contributed by atoms with E-state index in [2.05, 4.69) is 4.98 Å². The van der Waals surface area contributed by atoms with Gasteiger partial charge in [-0.3, -0.25) is 0 Å². The summed E-state index contributed by atoms with van der Waals surface area (Å²) in [6, 6.07) is 9.07. The standard InChI is InChI=1S/C16H15F2N3O/c17-11-6-5-10(9-12(11)18)16-20-15-13(19)3-1-4-14(15)21(16)7-2-8-22/h1,3-6,9,22H,2,7-8,19H2. The first-order valence-corrected chi connectivity index (χ1v) is 6.93. The van der Waals surface area contributed by atoms with Gasteiger partial charge in [-0.05, 0) is 36.8 Å². The van der Waals surface area contributed by atoms with Crippen molar-refractivity contribution in [3.63, 3.8) is 0 Å². The van der Waals surface area contributed by atoms with Gasteiger partial charge in [0.15, 0.2) is 11.6 Å². The number of aromatic nitrogens is 2. The summed E-state index contributed by atoms with van der Waals surface area (Å²) in [5.74, 6) is -1.33. The minimum atomic E-state index is -0.925. The molecule has 0 radical (unpaired) electrons.